The Morgan fingerprint density at radius 1 is 1.38 bits per heavy atom. The first-order valence-electron chi connectivity index (χ1n) is 5.13. The monoisotopic (exact) mass is 224 g/mol. The number of hydrogen-bond donors (Lipinski definition) is 1. The number of ether oxygens (including phenoxy) is 2. The van der Waals surface area contributed by atoms with Crippen molar-refractivity contribution in [2.75, 3.05) is 13.7 Å². The van der Waals surface area contributed by atoms with Gasteiger partial charge >= 0.3 is 5.97 Å². The Bertz CT molecular complexity index is 323. The van der Waals surface area contributed by atoms with Crippen LogP contribution in [0.1, 0.15) is 18.6 Å². The lowest BCUT2D eigenvalue weighted by atomic mass is 10.0. The maximum atomic E-state index is 11.4. The van der Waals surface area contributed by atoms with Crippen molar-refractivity contribution in [3.63, 3.8) is 0 Å². The van der Waals surface area contributed by atoms with Crippen molar-refractivity contribution in [2.45, 2.75) is 19.1 Å². The lowest BCUT2D eigenvalue weighted by Crippen LogP contribution is -2.32. The van der Waals surface area contributed by atoms with Crippen molar-refractivity contribution in [1.82, 2.24) is 0 Å². The summed E-state index contributed by atoms with van der Waals surface area (Å²) in [5, 5.41) is 9.99. The Morgan fingerprint density at radius 2 is 2.00 bits per heavy atom. The largest absolute Gasteiger partial charge is 0.467 e. The molecule has 0 radical (unpaired) electrons. The second-order valence-corrected chi connectivity index (χ2v) is 3.25. The van der Waals surface area contributed by atoms with Crippen LogP contribution in [0.2, 0.25) is 0 Å². The van der Waals surface area contributed by atoms with E-state index in [1.807, 2.05) is 6.07 Å². The van der Waals surface area contributed by atoms with Crippen LogP contribution >= 0.6 is 0 Å². The van der Waals surface area contributed by atoms with Crippen LogP contribution in [0.25, 0.3) is 0 Å². The molecule has 4 heteroatoms. The van der Waals surface area contributed by atoms with Crippen molar-refractivity contribution in [3.05, 3.63) is 35.9 Å². The molecular weight excluding hydrogens is 208 g/mol. The minimum Gasteiger partial charge on any atom is -0.467 e. The van der Waals surface area contributed by atoms with Gasteiger partial charge in [0.1, 0.15) is 6.10 Å². The molecule has 0 unspecified atom stereocenters. The molecule has 1 rings (SSSR count). The maximum absolute atomic E-state index is 11.4. The topological polar surface area (TPSA) is 55.8 Å². The molecule has 0 saturated carbocycles. The third-order valence-electron chi connectivity index (χ3n) is 2.21. The molecule has 0 aliphatic heterocycles. The highest BCUT2D eigenvalue weighted by atomic mass is 16.6. The summed E-state index contributed by atoms with van der Waals surface area (Å²) >= 11 is 0. The Kier molecular flexibility index (Phi) is 4.95. The van der Waals surface area contributed by atoms with E-state index in [1.54, 1.807) is 31.2 Å². The standard InChI is InChI=1S/C12H16O4/c1-3-16-11(12(14)15-2)10(13)9-7-5-4-6-8-9/h4-8,10-11,13H,3H2,1-2H3/t10-,11+/m1/s1. The Hall–Kier alpha value is -1.39. The van der Waals surface area contributed by atoms with Crippen LogP contribution in [0.15, 0.2) is 30.3 Å². The van der Waals surface area contributed by atoms with Crippen molar-refractivity contribution in [3.8, 4) is 0 Å². The highest BCUT2D eigenvalue weighted by Gasteiger charge is 2.29. The first-order chi connectivity index (χ1) is 7.70. The van der Waals surface area contributed by atoms with E-state index < -0.39 is 18.2 Å². The summed E-state index contributed by atoms with van der Waals surface area (Å²) in [5.74, 6) is -0.571. The first kappa shape index (κ1) is 12.7. The van der Waals surface area contributed by atoms with E-state index in [2.05, 4.69) is 4.74 Å². The van der Waals surface area contributed by atoms with Crippen molar-refractivity contribution in [2.24, 2.45) is 0 Å². The molecule has 0 heterocycles. The summed E-state index contributed by atoms with van der Waals surface area (Å²) in [6, 6.07) is 8.89. The SMILES string of the molecule is CCO[C@H](C(=O)OC)[C@H](O)c1ccccc1. The molecule has 0 spiro atoms. The molecule has 1 aromatic rings. The van der Waals surface area contributed by atoms with Crippen LogP contribution in [0.3, 0.4) is 0 Å². The second kappa shape index (κ2) is 6.25. The molecule has 0 aromatic heterocycles. The fourth-order valence-corrected chi connectivity index (χ4v) is 1.41. The fraction of sp³-hybridized carbons (Fsp3) is 0.417. The number of carbonyl (C=O) groups is 1. The van der Waals surface area contributed by atoms with Gasteiger partial charge in [0, 0.05) is 6.61 Å². The first-order valence-corrected chi connectivity index (χ1v) is 5.13. The van der Waals surface area contributed by atoms with Gasteiger partial charge in [-0.25, -0.2) is 4.79 Å². The predicted octanol–water partition coefficient (Wildman–Crippen LogP) is 1.30. The molecule has 4 nitrogen and oxygen atoms in total. The molecule has 0 bridgehead atoms. The van der Waals surface area contributed by atoms with Gasteiger partial charge in [0.25, 0.3) is 0 Å². The van der Waals surface area contributed by atoms with Gasteiger partial charge in [-0.3, -0.25) is 0 Å². The van der Waals surface area contributed by atoms with Gasteiger partial charge in [-0.15, -0.1) is 0 Å². The van der Waals surface area contributed by atoms with E-state index in [4.69, 9.17) is 4.74 Å². The normalized spacial score (nSPS) is 14.2. The molecule has 0 saturated heterocycles. The third-order valence-corrected chi connectivity index (χ3v) is 2.21. The minimum absolute atomic E-state index is 0.337. The van der Waals surface area contributed by atoms with E-state index in [1.165, 1.54) is 7.11 Å². The van der Waals surface area contributed by atoms with E-state index >= 15 is 0 Å². The molecule has 1 aromatic carbocycles. The van der Waals surface area contributed by atoms with Crippen LogP contribution in [0, 0.1) is 0 Å². The number of benzene rings is 1. The van der Waals surface area contributed by atoms with Crippen molar-refractivity contribution < 1.29 is 19.4 Å². The summed E-state index contributed by atoms with van der Waals surface area (Å²) in [6.07, 6.45) is -1.98. The Labute approximate surface area is 94.8 Å². The van der Waals surface area contributed by atoms with Gasteiger partial charge in [-0.2, -0.15) is 0 Å². The number of aliphatic hydroxyl groups is 1. The number of rotatable bonds is 5. The zero-order valence-electron chi connectivity index (χ0n) is 9.42. The molecule has 16 heavy (non-hydrogen) atoms. The van der Waals surface area contributed by atoms with Crippen LogP contribution in [0.5, 0.6) is 0 Å². The van der Waals surface area contributed by atoms with E-state index in [9.17, 15) is 9.90 Å². The molecule has 0 fully saturated rings. The number of methoxy groups -OCH3 is 1. The number of hydrogen-bond acceptors (Lipinski definition) is 4. The minimum atomic E-state index is -1.01. The second-order valence-electron chi connectivity index (χ2n) is 3.25. The smallest absolute Gasteiger partial charge is 0.338 e. The van der Waals surface area contributed by atoms with Crippen LogP contribution < -0.4 is 0 Å². The quantitative estimate of drug-likeness (QED) is 0.766. The highest BCUT2D eigenvalue weighted by Crippen LogP contribution is 2.19. The van der Waals surface area contributed by atoms with Crippen molar-refractivity contribution >= 4 is 5.97 Å². The van der Waals surface area contributed by atoms with E-state index in [-0.39, 0.29) is 0 Å². The fourth-order valence-electron chi connectivity index (χ4n) is 1.41. The summed E-state index contributed by atoms with van der Waals surface area (Å²) in [7, 11) is 1.27. The molecule has 2 atom stereocenters. The average molecular weight is 224 g/mol. The Balaban J connectivity index is 2.82. The zero-order chi connectivity index (χ0) is 12.0. The third kappa shape index (κ3) is 3.05. The summed E-state index contributed by atoms with van der Waals surface area (Å²) in [6.45, 7) is 2.09. The van der Waals surface area contributed by atoms with Crippen LogP contribution in [0.4, 0.5) is 0 Å². The predicted molar refractivity (Wildman–Crippen MR) is 58.8 cm³/mol. The zero-order valence-corrected chi connectivity index (χ0v) is 9.42. The van der Waals surface area contributed by atoms with Gasteiger partial charge in [-0.1, -0.05) is 30.3 Å². The van der Waals surface area contributed by atoms with Gasteiger partial charge in [0.15, 0.2) is 6.10 Å². The Morgan fingerprint density at radius 3 is 2.50 bits per heavy atom. The van der Waals surface area contributed by atoms with Gasteiger partial charge in [-0.05, 0) is 12.5 Å². The van der Waals surface area contributed by atoms with E-state index in [0.717, 1.165) is 0 Å². The summed E-state index contributed by atoms with van der Waals surface area (Å²) in [5.41, 5.74) is 0.631. The summed E-state index contributed by atoms with van der Waals surface area (Å²) in [4.78, 5) is 11.4. The summed E-state index contributed by atoms with van der Waals surface area (Å²) < 4.78 is 9.77. The maximum Gasteiger partial charge on any atom is 0.338 e. The number of carbonyl (C=O) groups excluding carboxylic acids is 1. The number of esters is 1. The van der Waals surface area contributed by atoms with Gasteiger partial charge < -0.3 is 14.6 Å². The molecule has 88 valence electrons. The van der Waals surface area contributed by atoms with Gasteiger partial charge in [0.2, 0.25) is 0 Å². The highest BCUT2D eigenvalue weighted by molar-refractivity contribution is 5.75. The van der Waals surface area contributed by atoms with Gasteiger partial charge in [0.05, 0.1) is 7.11 Å². The van der Waals surface area contributed by atoms with Crippen LogP contribution in [-0.4, -0.2) is 30.9 Å². The van der Waals surface area contributed by atoms with Crippen molar-refractivity contribution in [1.29, 1.82) is 0 Å². The molecule has 1 N–H and O–H groups in total. The lowest BCUT2D eigenvalue weighted by molar-refractivity contribution is -0.162. The average Bonchev–Trinajstić information content (AvgIpc) is 2.35. The number of aliphatic hydroxyl groups excluding tert-OH is 1. The molecular formula is C12H16O4. The molecule has 0 aliphatic carbocycles. The molecule has 0 aliphatic rings. The van der Waals surface area contributed by atoms with E-state index in [0.29, 0.717) is 12.2 Å². The van der Waals surface area contributed by atoms with Crippen LogP contribution in [-0.2, 0) is 14.3 Å². The molecule has 0 amide bonds. The lowest BCUT2D eigenvalue weighted by Gasteiger charge is -2.20.